The molecule has 4 aromatic rings. The van der Waals surface area contributed by atoms with Crippen LogP contribution in [0, 0.1) is 0 Å². The molecule has 0 saturated heterocycles. The molecule has 0 atom stereocenters. The summed E-state index contributed by atoms with van der Waals surface area (Å²) in [5.74, 6) is -0.00181. The van der Waals surface area contributed by atoms with Gasteiger partial charge in [-0.1, -0.05) is 53.2 Å². The second-order valence-electron chi connectivity index (χ2n) is 5.83. The van der Waals surface area contributed by atoms with Crippen molar-refractivity contribution >= 4 is 52.2 Å². The molecule has 0 spiro atoms. The van der Waals surface area contributed by atoms with E-state index >= 15 is 0 Å². The Morgan fingerprint density at radius 2 is 1.82 bits per heavy atom. The molecule has 0 aliphatic rings. The average molecular weight is 430 g/mol. The number of nitrogens with one attached hydrogen (secondary N) is 1. The maximum atomic E-state index is 12.2. The number of nitrogens with zero attached hydrogens (tertiary/aromatic N) is 4. The van der Waals surface area contributed by atoms with Crippen LogP contribution >= 0.6 is 35.0 Å². The van der Waals surface area contributed by atoms with Crippen molar-refractivity contribution in [1.29, 1.82) is 0 Å². The second kappa shape index (κ2) is 8.18. The quantitative estimate of drug-likeness (QED) is 0.460. The van der Waals surface area contributed by atoms with Crippen LogP contribution in [0.1, 0.15) is 0 Å². The fourth-order valence-corrected chi connectivity index (χ4v) is 3.53. The van der Waals surface area contributed by atoms with Crippen molar-refractivity contribution in [2.75, 3.05) is 11.1 Å². The van der Waals surface area contributed by atoms with Gasteiger partial charge in [-0.2, -0.15) is 9.61 Å². The van der Waals surface area contributed by atoms with E-state index in [2.05, 4.69) is 20.6 Å². The molecule has 9 heteroatoms. The van der Waals surface area contributed by atoms with E-state index in [0.29, 0.717) is 26.5 Å². The lowest BCUT2D eigenvalue weighted by Crippen LogP contribution is -2.14. The molecule has 28 heavy (non-hydrogen) atoms. The zero-order valence-corrected chi connectivity index (χ0v) is 16.7. The number of thioether (sulfide) groups is 1. The van der Waals surface area contributed by atoms with Gasteiger partial charge in [0, 0.05) is 21.3 Å². The first-order valence-electron chi connectivity index (χ1n) is 8.25. The fourth-order valence-electron chi connectivity index (χ4n) is 2.53. The number of benzene rings is 2. The van der Waals surface area contributed by atoms with E-state index in [9.17, 15) is 4.79 Å². The first-order chi connectivity index (χ1) is 13.6. The first kappa shape index (κ1) is 18.7. The predicted octanol–water partition coefficient (Wildman–Crippen LogP) is 4.83. The smallest absolute Gasteiger partial charge is 0.234 e. The number of aromatic nitrogens is 4. The maximum absolute atomic E-state index is 12.2. The molecule has 0 fully saturated rings. The number of halogens is 2. The second-order valence-corrected chi connectivity index (χ2v) is 7.64. The van der Waals surface area contributed by atoms with Crippen molar-refractivity contribution in [2.24, 2.45) is 0 Å². The molecule has 0 bridgehead atoms. The third kappa shape index (κ3) is 4.27. The van der Waals surface area contributed by atoms with Crippen LogP contribution in [-0.4, -0.2) is 31.5 Å². The molecule has 0 saturated carbocycles. The van der Waals surface area contributed by atoms with Gasteiger partial charge in [0.1, 0.15) is 0 Å². The van der Waals surface area contributed by atoms with Crippen LogP contribution in [-0.2, 0) is 4.79 Å². The van der Waals surface area contributed by atoms with E-state index in [1.165, 1.54) is 11.8 Å². The summed E-state index contributed by atoms with van der Waals surface area (Å²) in [6.07, 6.45) is 0. The van der Waals surface area contributed by atoms with Gasteiger partial charge in [-0.3, -0.25) is 4.79 Å². The van der Waals surface area contributed by atoms with E-state index in [4.69, 9.17) is 23.2 Å². The molecule has 0 radical (unpaired) electrons. The third-order valence-corrected chi connectivity index (χ3v) is 5.22. The Labute approximate surface area is 174 Å². The van der Waals surface area contributed by atoms with Gasteiger partial charge in [-0.05, 0) is 42.5 Å². The minimum atomic E-state index is -0.169. The Morgan fingerprint density at radius 3 is 2.61 bits per heavy atom. The summed E-state index contributed by atoms with van der Waals surface area (Å²) in [5.41, 5.74) is 2.94. The zero-order valence-electron chi connectivity index (χ0n) is 14.3. The highest BCUT2D eigenvalue weighted by atomic mass is 35.5. The molecule has 0 aliphatic heterocycles. The molecular weight excluding hydrogens is 417 g/mol. The summed E-state index contributed by atoms with van der Waals surface area (Å²) in [4.78, 5) is 12.2. The maximum Gasteiger partial charge on any atom is 0.234 e. The van der Waals surface area contributed by atoms with Gasteiger partial charge in [-0.25, -0.2) is 0 Å². The number of carbonyl (C=O) groups excluding carboxylic acids is 1. The van der Waals surface area contributed by atoms with Crippen molar-refractivity contribution in [3.8, 4) is 11.3 Å². The number of hydrogen-bond donors (Lipinski definition) is 1. The highest BCUT2D eigenvalue weighted by Crippen LogP contribution is 2.22. The minimum Gasteiger partial charge on any atom is -0.325 e. The lowest BCUT2D eigenvalue weighted by Gasteiger charge is -2.05. The van der Waals surface area contributed by atoms with Crippen molar-refractivity contribution < 1.29 is 4.79 Å². The van der Waals surface area contributed by atoms with Crippen LogP contribution in [0.2, 0.25) is 10.0 Å². The number of hydrogen-bond acceptors (Lipinski definition) is 5. The Balaban J connectivity index is 1.50. The van der Waals surface area contributed by atoms with Gasteiger partial charge in [-0.15, -0.1) is 10.2 Å². The van der Waals surface area contributed by atoms with Gasteiger partial charge < -0.3 is 5.32 Å². The van der Waals surface area contributed by atoms with Crippen LogP contribution in [0.5, 0.6) is 0 Å². The molecule has 0 unspecified atom stereocenters. The molecular formula is C19H13Cl2N5OS. The number of rotatable bonds is 5. The topological polar surface area (TPSA) is 72.2 Å². The lowest BCUT2D eigenvalue weighted by molar-refractivity contribution is -0.113. The van der Waals surface area contributed by atoms with Gasteiger partial charge in [0.25, 0.3) is 0 Å². The summed E-state index contributed by atoms with van der Waals surface area (Å²) in [7, 11) is 0. The van der Waals surface area contributed by atoms with E-state index in [0.717, 1.165) is 11.3 Å². The van der Waals surface area contributed by atoms with Gasteiger partial charge >= 0.3 is 0 Å². The molecule has 4 rings (SSSR count). The summed E-state index contributed by atoms with van der Waals surface area (Å²) in [5, 5.41) is 17.4. The highest BCUT2D eigenvalue weighted by molar-refractivity contribution is 7.99. The van der Waals surface area contributed by atoms with Gasteiger partial charge in [0.15, 0.2) is 5.65 Å². The van der Waals surface area contributed by atoms with Gasteiger partial charge in [0.05, 0.1) is 11.4 Å². The molecule has 2 aromatic heterocycles. The van der Waals surface area contributed by atoms with Gasteiger partial charge in [0.2, 0.25) is 11.1 Å². The minimum absolute atomic E-state index is 0.167. The first-order valence-corrected chi connectivity index (χ1v) is 9.99. The van der Waals surface area contributed by atoms with Crippen LogP contribution < -0.4 is 5.32 Å². The van der Waals surface area contributed by atoms with Crippen molar-refractivity contribution in [3.05, 3.63) is 70.7 Å². The molecule has 1 N–H and O–H groups in total. The van der Waals surface area contributed by atoms with Crippen LogP contribution in [0.15, 0.2) is 65.8 Å². The molecule has 2 aromatic carbocycles. The fraction of sp³-hybridized carbons (Fsp3) is 0.0526. The SMILES string of the molecule is O=C(CSc1nnc2ccc(-c3ccc(Cl)cc3)nn12)Nc1cccc(Cl)c1. The Morgan fingerprint density at radius 1 is 1.00 bits per heavy atom. The van der Waals surface area contributed by atoms with Crippen LogP contribution in [0.25, 0.3) is 16.9 Å². The normalized spacial score (nSPS) is 10.9. The van der Waals surface area contributed by atoms with Crippen molar-refractivity contribution in [2.45, 2.75) is 5.16 Å². The zero-order chi connectivity index (χ0) is 19.5. The highest BCUT2D eigenvalue weighted by Gasteiger charge is 2.12. The number of anilines is 1. The largest absolute Gasteiger partial charge is 0.325 e. The number of carbonyl (C=O) groups is 1. The lowest BCUT2D eigenvalue weighted by atomic mass is 10.1. The summed E-state index contributed by atoms with van der Waals surface area (Å²) < 4.78 is 1.63. The Kier molecular flexibility index (Phi) is 5.47. The Hall–Kier alpha value is -2.61. The monoisotopic (exact) mass is 429 g/mol. The van der Waals surface area contributed by atoms with E-state index in [-0.39, 0.29) is 11.7 Å². The van der Waals surface area contributed by atoms with E-state index < -0.39 is 0 Å². The third-order valence-electron chi connectivity index (χ3n) is 3.81. The Bertz CT molecular complexity index is 1150. The number of fused-ring (bicyclic) bond motifs is 1. The molecule has 6 nitrogen and oxygen atoms in total. The predicted molar refractivity (Wildman–Crippen MR) is 112 cm³/mol. The number of amides is 1. The summed E-state index contributed by atoms with van der Waals surface area (Å²) >= 11 is 13.1. The molecule has 2 heterocycles. The molecule has 1 amide bonds. The van der Waals surface area contributed by atoms with Crippen LogP contribution in [0.4, 0.5) is 5.69 Å². The van der Waals surface area contributed by atoms with E-state index in [1.54, 1.807) is 28.8 Å². The summed E-state index contributed by atoms with van der Waals surface area (Å²) in [6, 6.07) is 18.1. The van der Waals surface area contributed by atoms with Crippen molar-refractivity contribution in [1.82, 2.24) is 19.8 Å². The van der Waals surface area contributed by atoms with E-state index in [1.807, 2.05) is 36.4 Å². The average Bonchev–Trinajstić information content (AvgIpc) is 3.09. The van der Waals surface area contributed by atoms with Crippen molar-refractivity contribution in [3.63, 3.8) is 0 Å². The summed E-state index contributed by atoms with van der Waals surface area (Å²) in [6.45, 7) is 0. The standard InChI is InChI=1S/C19H13Cl2N5OS/c20-13-6-4-12(5-7-13)16-8-9-17-23-24-19(26(17)25-16)28-11-18(27)22-15-3-1-2-14(21)10-15/h1-10H,11H2,(H,22,27). The molecule has 0 aliphatic carbocycles. The van der Waals surface area contributed by atoms with Crippen LogP contribution in [0.3, 0.4) is 0 Å². The molecule has 140 valence electrons.